The molecule has 4 aromatic rings. The zero-order valence-corrected chi connectivity index (χ0v) is 17.2. The second-order valence-corrected chi connectivity index (χ2v) is 7.75. The summed E-state index contributed by atoms with van der Waals surface area (Å²) in [5, 5.41) is 12.1. The van der Waals surface area contributed by atoms with Crippen LogP contribution in [0.3, 0.4) is 0 Å². The predicted octanol–water partition coefficient (Wildman–Crippen LogP) is 7.01. The molecule has 0 fully saturated rings. The zero-order chi connectivity index (χ0) is 24.1. The first-order valence-electron chi connectivity index (χ1n) is 10.0. The number of nitrogens with zero attached hydrogens (tertiary/aromatic N) is 3. The number of halogens is 6. The van der Waals surface area contributed by atoms with Gasteiger partial charge in [0, 0.05) is 28.2 Å². The van der Waals surface area contributed by atoms with Gasteiger partial charge in [-0.2, -0.15) is 26.3 Å². The quantitative estimate of drug-likeness (QED) is 0.326. The number of benzene rings is 3. The SMILES string of the molecule is FC(F)(F)c1cc(Nc2nnc(-c3ccc4c(c3)CN=C4)c3ccccc23)cc(C(F)(F)F)c1. The molecule has 0 radical (unpaired) electrons. The maximum absolute atomic E-state index is 13.2. The summed E-state index contributed by atoms with van der Waals surface area (Å²) in [5.41, 5.74) is 0.106. The van der Waals surface area contributed by atoms with Crippen molar-refractivity contribution in [2.24, 2.45) is 4.99 Å². The largest absolute Gasteiger partial charge is 0.416 e. The molecular weight excluding hydrogens is 458 g/mol. The number of fused-ring (bicyclic) bond motifs is 2. The van der Waals surface area contributed by atoms with Crippen molar-refractivity contribution in [2.45, 2.75) is 18.9 Å². The summed E-state index contributed by atoms with van der Waals surface area (Å²) in [6.07, 6.45) is -8.13. The number of aromatic nitrogens is 2. The third-order valence-electron chi connectivity index (χ3n) is 5.45. The molecule has 0 aliphatic carbocycles. The molecule has 2 heterocycles. The summed E-state index contributed by atoms with van der Waals surface area (Å²) < 4.78 is 79.4. The molecule has 3 aromatic carbocycles. The van der Waals surface area contributed by atoms with Crippen molar-refractivity contribution in [3.8, 4) is 11.3 Å². The second kappa shape index (κ2) is 7.82. The van der Waals surface area contributed by atoms with Gasteiger partial charge in [0.1, 0.15) is 5.69 Å². The van der Waals surface area contributed by atoms with E-state index in [2.05, 4.69) is 20.5 Å². The van der Waals surface area contributed by atoms with Crippen LogP contribution in [0.4, 0.5) is 37.8 Å². The Morgan fingerprint density at radius 2 is 1.41 bits per heavy atom. The number of aliphatic imine (C=N–C) groups is 1. The highest BCUT2D eigenvalue weighted by molar-refractivity contribution is 6.01. The molecule has 1 N–H and O–H groups in total. The van der Waals surface area contributed by atoms with Crippen LogP contribution in [0.2, 0.25) is 0 Å². The van der Waals surface area contributed by atoms with Crippen LogP contribution in [0, 0.1) is 0 Å². The second-order valence-electron chi connectivity index (χ2n) is 7.75. The first kappa shape index (κ1) is 21.9. The molecule has 1 aliphatic heterocycles. The van der Waals surface area contributed by atoms with Crippen LogP contribution in [-0.2, 0) is 18.9 Å². The Morgan fingerprint density at radius 3 is 2.09 bits per heavy atom. The third-order valence-corrected chi connectivity index (χ3v) is 5.45. The minimum atomic E-state index is -4.95. The molecule has 1 aromatic heterocycles. The van der Waals surface area contributed by atoms with Gasteiger partial charge in [0.2, 0.25) is 0 Å². The minimum Gasteiger partial charge on any atom is -0.338 e. The highest BCUT2D eigenvalue weighted by Gasteiger charge is 2.37. The summed E-state index contributed by atoms with van der Waals surface area (Å²) in [5.74, 6) is 0.0382. The fourth-order valence-electron chi connectivity index (χ4n) is 3.83. The van der Waals surface area contributed by atoms with E-state index in [0.717, 1.165) is 16.7 Å². The van der Waals surface area contributed by atoms with Gasteiger partial charge < -0.3 is 5.32 Å². The average Bonchev–Trinajstić information content (AvgIpc) is 3.26. The van der Waals surface area contributed by atoms with E-state index in [0.29, 0.717) is 35.1 Å². The monoisotopic (exact) mass is 472 g/mol. The lowest BCUT2D eigenvalue weighted by molar-refractivity contribution is -0.143. The number of hydrogen-bond donors (Lipinski definition) is 1. The molecule has 0 bridgehead atoms. The number of nitrogens with one attached hydrogen (secondary N) is 1. The average molecular weight is 472 g/mol. The molecule has 4 nitrogen and oxygen atoms in total. The van der Waals surface area contributed by atoms with Gasteiger partial charge in [0.25, 0.3) is 0 Å². The van der Waals surface area contributed by atoms with Crippen molar-refractivity contribution in [3.63, 3.8) is 0 Å². The fourth-order valence-corrected chi connectivity index (χ4v) is 3.83. The zero-order valence-electron chi connectivity index (χ0n) is 17.2. The van der Waals surface area contributed by atoms with E-state index in [9.17, 15) is 26.3 Å². The van der Waals surface area contributed by atoms with Crippen LogP contribution in [0.1, 0.15) is 22.3 Å². The van der Waals surface area contributed by atoms with Crippen LogP contribution >= 0.6 is 0 Å². The summed E-state index contributed by atoms with van der Waals surface area (Å²) >= 11 is 0. The Kier molecular flexibility index (Phi) is 5.03. The maximum atomic E-state index is 13.2. The van der Waals surface area contributed by atoms with Gasteiger partial charge in [-0.1, -0.05) is 36.4 Å². The maximum Gasteiger partial charge on any atom is 0.416 e. The summed E-state index contributed by atoms with van der Waals surface area (Å²) in [6, 6.07) is 13.9. The molecule has 0 spiro atoms. The van der Waals surface area contributed by atoms with Gasteiger partial charge in [0.05, 0.1) is 17.7 Å². The fraction of sp³-hybridized carbons (Fsp3) is 0.125. The van der Waals surface area contributed by atoms with E-state index in [1.54, 1.807) is 30.5 Å². The molecule has 34 heavy (non-hydrogen) atoms. The number of alkyl halides is 6. The van der Waals surface area contributed by atoms with Crippen LogP contribution in [0.15, 0.2) is 65.7 Å². The van der Waals surface area contributed by atoms with Gasteiger partial charge in [0.15, 0.2) is 5.82 Å². The van der Waals surface area contributed by atoms with Crippen molar-refractivity contribution in [2.75, 3.05) is 5.32 Å². The molecule has 0 unspecified atom stereocenters. The molecule has 0 amide bonds. The molecule has 5 rings (SSSR count). The number of rotatable bonds is 3. The van der Waals surface area contributed by atoms with E-state index < -0.39 is 29.2 Å². The Hall–Kier alpha value is -3.95. The van der Waals surface area contributed by atoms with Crippen LogP contribution in [0.5, 0.6) is 0 Å². The van der Waals surface area contributed by atoms with Crippen LogP contribution in [-0.4, -0.2) is 16.4 Å². The van der Waals surface area contributed by atoms with Crippen molar-refractivity contribution >= 4 is 28.5 Å². The van der Waals surface area contributed by atoms with Gasteiger partial charge >= 0.3 is 12.4 Å². The number of anilines is 2. The minimum absolute atomic E-state index is 0.0382. The molecule has 172 valence electrons. The smallest absolute Gasteiger partial charge is 0.338 e. The van der Waals surface area contributed by atoms with Crippen molar-refractivity contribution in [1.82, 2.24) is 10.2 Å². The van der Waals surface area contributed by atoms with Crippen molar-refractivity contribution in [1.29, 1.82) is 0 Å². The molecule has 0 saturated carbocycles. The first-order valence-corrected chi connectivity index (χ1v) is 10.0. The van der Waals surface area contributed by atoms with Crippen LogP contribution < -0.4 is 5.32 Å². The lowest BCUT2D eigenvalue weighted by Gasteiger charge is -2.16. The molecule has 10 heteroatoms. The molecule has 0 atom stereocenters. The molecule has 1 aliphatic rings. The van der Waals surface area contributed by atoms with Gasteiger partial charge in [-0.05, 0) is 35.4 Å². The van der Waals surface area contributed by atoms with E-state index in [4.69, 9.17) is 0 Å². The third kappa shape index (κ3) is 4.07. The summed E-state index contributed by atoms with van der Waals surface area (Å²) in [6.45, 7) is 0.547. The number of hydrogen-bond acceptors (Lipinski definition) is 4. The predicted molar refractivity (Wildman–Crippen MR) is 116 cm³/mol. The van der Waals surface area contributed by atoms with E-state index >= 15 is 0 Å². The standard InChI is InChI=1S/C24H14F6N4/c25-23(26,27)16-8-17(24(28,29)30)10-18(9-16)32-22-20-4-2-1-3-19(20)21(33-34-22)13-5-6-14-11-31-12-15(14)7-13/h1-11H,12H2,(H,32,34). The lowest BCUT2D eigenvalue weighted by Crippen LogP contribution is -2.12. The van der Waals surface area contributed by atoms with Gasteiger partial charge in [-0.25, -0.2) is 0 Å². The highest BCUT2D eigenvalue weighted by Crippen LogP contribution is 2.39. The van der Waals surface area contributed by atoms with E-state index in [1.807, 2.05) is 18.2 Å². The topological polar surface area (TPSA) is 50.2 Å². The van der Waals surface area contributed by atoms with Crippen molar-refractivity contribution < 1.29 is 26.3 Å². The highest BCUT2D eigenvalue weighted by atomic mass is 19.4. The lowest BCUT2D eigenvalue weighted by atomic mass is 10.0. The summed E-state index contributed by atoms with van der Waals surface area (Å²) in [4.78, 5) is 4.23. The first-order chi connectivity index (χ1) is 16.1. The van der Waals surface area contributed by atoms with Gasteiger partial charge in [-0.15, -0.1) is 10.2 Å². The van der Waals surface area contributed by atoms with Crippen LogP contribution in [0.25, 0.3) is 22.0 Å². The molecular formula is C24H14F6N4. The van der Waals surface area contributed by atoms with Gasteiger partial charge in [-0.3, -0.25) is 4.99 Å². The van der Waals surface area contributed by atoms with E-state index in [1.165, 1.54) is 0 Å². The van der Waals surface area contributed by atoms with Crippen molar-refractivity contribution in [3.05, 3.63) is 82.9 Å². The Morgan fingerprint density at radius 1 is 0.735 bits per heavy atom. The summed E-state index contributed by atoms with van der Waals surface area (Å²) in [7, 11) is 0. The van der Waals surface area contributed by atoms with E-state index in [-0.39, 0.29) is 11.9 Å². The Balaban J connectivity index is 1.60. The normalized spacial score (nSPS) is 13.4. The molecule has 0 saturated heterocycles. The Bertz CT molecular complexity index is 1410. The Labute approximate surface area is 189 Å².